The van der Waals surface area contributed by atoms with Gasteiger partial charge in [0.2, 0.25) is 0 Å². The van der Waals surface area contributed by atoms with E-state index in [1.165, 1.54) is 27.9 Å². The third kappa shape index (κ3) is 12.1. The van der Waals surface area contributed by atoms with Crippen molar-refractivity contribution < 1.29 is 33.9 Å². The molecule has 118 valence electrons. The second-order valence-corrected chi connectivity index (χ2v) is 3.77. The van der Waals surface area contributed by atoms with E-state index in [9.17, 15) is 0 Å². The fourth-order valence-corrected chi connectivity index (χ4v) is 1.46. The number of carbonyl (C=O) groups excluding carboxylic acids is 3. The van der Waals surface area contributed by atoms with Crippen molar-refractivity contribution in [2.75, 3.05) is 0 Å². The summed E-state index contributed by atoms with van der Waals surface area (Å²) in [5, 5.41) is 0. The largest absolute Gasteiger partial charge is 4.00 e. The van der Waals surface area contributed by atoms with E-state index in [4.69, 9.17) is 14.4 Å². The van der Waals surface area contributed by atoms with Gasteiger partial charge >= 0.3 is 19.5 Å². The van der Waals surface area contributed by atoms with Gasteiger partial charge in [-0.3, -0.25) is 20.4 Å². The topological polar surface area (TPSA) is 51.2 Å². The summed E-state index contributed by atoms with van der Waals surface area (Å²) in [6.45, 7) is 20.7. The summed E-state index contributed by atoms with van der Waals surface area (Å²) < 4.78 is 0. The van der Waals surface area contributed by atoms with Crippen LogP contribution >= 0.6 is 0 Å². The molecule has 3 nitrogen and oxygen atoms in total. The van der Waals surface area contributed by atoms with Gasteiger partial charge in [0.1, 0.15) is 0 Å². The van der Waals surface area contributed by atoms with Crippen LogP contribution in [0.25, 0.3) is 0 Å². The normalized spacial score (nSPS) is 17.1. The smallest absolute Gasteiger partial charge is 0.545 e. The third-order valence-electron chi connectivity index (χ3n) is 3.00. The maximum absolute atomic E-state index is 7.75. The molecular formula is C17H24O3Ru. The molecule has 0 amide bonds. The van der Waals surface area contributed by atoms with E-state index in [1.54, 1.807) is 0 Å². The molecule has 0 aromatic rings. The molecule has 0 saturated heterocycles. The zero-order chi connectivity index (χ0) is 16.0. The minimum absolute atomic E-state index is 0. The van der Waals surface area contributed by atoms with Crippen LogP contribution < -0.4 is 0 Å². The van der Waals surface area contributed by atoms with Crippen molar-refractivity contribution in [1.29, 1.82) is 0 Å². The number of hydrogen-bond donors (Lipinski definition) is 0. The van der Waals surface area contributed by atoms with Crippen LogP contribution in [0.15, 0.2) is 46.1 Å². The molecule has 1 aliphatic carbocycles. The van der Waals surface area contributed by atoms with Crippen LogP contribution in [0.1, 0.15) is 34.6 Å². The summed E-state index contributed by atoms with van der Waals surface area (Å²) in [7, 11) is 0. The molecule has 4 heteroatoms. The van der Waals surface area contributed by atoms with Crippen molar-refractivity contribution in [3.8, 4) is 0 Å². The molecule has 1 aliphatic rings. The maximum Gasteiger partial charge on any atom is 4.00 e. The molecule has 0 N–H and O–H groups in total. The van der Waals surface area contributed by atoms with Gasteiger partial charge < -0.3 is 21.8 Å². The first kappa shape index (κ1) is 31.8. The van der Waals surface area contributed by atoms with Crippen LogP contribution in [0.4, 0.5) is 0 Å². The molecule has 0 heterocycles. The van der Waals surface area contributed by atoms with Crippen molar-refractivity contribution >= 4 is 20.4 Å². The van der Waals surface area contributed by atoms with Gasteiger partial charge in [0.05, 0.1) is 0 Å². The first-order valence-corrected chi connectivity index (χ1v) is 5.45. The average molecular weight is 377 g/mol. The van der Waals surface area contributed by atoms with Gasteiger partial charge in [-0.15, -0.1) is 0 Å². The number of allylic oxidation sites excluding steroid dienone is 8. The van der Waals surface area contributed by atoms with Crippen LogP contribution in [0, 0.1) is 7.43 Å². The first-order chi connectivity index (χ1) is 9.04. The van der Waals surface area contributed by atoms with Crippen LogP contribution in [-0.4, -0.2) is 20.4 Å². The predicted octanol–water partition coefficient (Wildman–Crippen LogP) is 3.80. The van der Waals surface area contributed by atoms with Gasteiger partial charge in [-0.25, -0.2) is 0 Å². The summed E-state index contributed by atoms with van der Waals surface area (Å²) >= 11 is 0. The Kier molecular flexibility index (Phi) is 31.7. The van der Waals surface area contributed by atoms with Crippen molar-refractivity contribution in [1.82, 2.24) is 0 Å². The van der Waals surface area contributed by atoms with Crippen molar-refractivity contribution in [3.63, 3.8) is 0 Å². The van der Waals surface area contributed by atoms with Crippen LogP contribution in [-0.2, 0) is 33.9 Å². The summed E-state index contributed by atoms with van der Waals surface area (Å²) in [6.07, 6.45) is 6.48. The average Bonchev–Trinajstić information content (AvgIpc) is 2.50. The molecular weight excluding hydrogens is 353 g/mol. The molecule has 0 aliphatic heterocycles. The molecule has 0 fully saturated rings. The standard InChI is InChI=1S/C13H18.3CHO.CH3.Ru/c1-9-7-6-8-10(2)12(4)13(5)11(9)3;3*1-2;;/h6-8H,1-5H3;3*1H;1H3;/q;4*-1;+4/b7-6-,8-6?,9-7?,10-8?,11-9-,12-10?,13-11?,13-12?;;;;;. The van der Waals surface area contributed by atoms with Gasteiger partial charge in [0.25, 0.3) is 0 Å². The van der Waals surface area contributed by atoms with E-state index >= 15 is 0 Å². The Morgan fingerprint density at radius 3 is 1.48 bits per heavy atom. The summed E-state index contributed by atoms with van der Waals surface area (Å²) in [5.74, 6) is 0. The molecule has 0 aromatic carbocycles. The van der Waals surface area contributed by atoms with Crippen molar-refractivity contribution in [2.45, 2.75) is 34.6 Å². The Hall–Kier alpha value is -1.41. The molecule has 1 rings (SSSR count). The van der Waals surface area contributed by atoms with E-state index in [-0.39, 0.29) is 26.9 Å². The molecule has 0 bridgehead atoms. The Balaban J connectivity index is -0.0000000951. The first-order valence-electron chi connectivity index (χ1n) is 5.45. The van der Waals surface area contributed by atoms with E-state index in [1.807, 2.05) is 0 Å². The summed E-state index contributed by atoms with van der Waals surface area (Å²) in [6, 6.07) is 0. The maximum atomic E-state index is 7.75. The number of hydrogen-bond acceptors (Lipinski definition) is 3. The van der Waals surface area contributed by atoms with E-state index in [0.717, 1.165) is 0 Å². The minimum atomic E-state index is 0. The summed E-state index contributed by atoms with van der Waals surface area (Å²) in [4.78, 5) is 23.2. The molecule has 0 saturated carbocycles. The van der Waals surface area contributed by atoms with Crippen LogP contribution in [0.2, 0.25) is 0 Å². The van der Waals surface area contributed by atoms with Crippen LogP contribution in [0.3, 0.4) is 0 Å². The van der Waals surface area contributed by atoms with Crippen LogP contribution in [0.5, 0.6) is 0 Å². The Morgan fingerprint density at radius 1 is 0.714 bits per heavy atom. The SMILES string of the molecule is CC1=C/C=C\C(C)=C(\C)C(C)=C1C.[CH-]=O.[CH-]=O.[CH-]=O.[CH3-].[Ru+4]. The Bertz CT molecular complexity index is 386. The third-order valence-corrected chi connectivity index (χ3v) is 3.00. The number of rotatable bonds is 0. The Morgan fingerprint density at radius 2 is 1.10 bits per heavy atom. The van der Waals surface area contributed by atoms with Crippen molar-refractivity contribution in [3.05, 3.63) is 53.5 Å². The van der Waals surface area contributed by atoms with E-state index in [0.29, 0.717) is 0 Å². The molecule has 0 unspecified atom stereocenters. The second kappa shape index (κ2) is 20.9. The fraction of sp³-hybridized carbons (Fsp3) is 0.294. The molecule has 0 radical (unpaired) electrons. The quantitative estimate of drug-likeness (QED) is 0.367. The van der Waals surface area contributed by atoms with E-state index in [2.05, 4.69) is 73.2 Å². The van der Waals surface area contributed by atoms with Gasteiger partial charge in [-0.05, 0) is 62.5 Å². The molecule has 0 spiro atoms. The Labute approximate surface area is 142 Å². The molecule has 0 atom stereocenters. The molecule has 0 aromatic heterocycles. The van der Waals surface area contributed by atoms with Gasteiger partial charge in [-0.2, -0.15) is 0 Å². The summed E-state index contributed by atoms with van der Waals surface area (Å²) in [5.41, 5.74) is 6.94. The minimum Gasteiger partial charge on any atom is -0.545 e. The fourth-order valence-electron chi connectivity index (χ4n) is 1.46. The zero-order valence-electron chi connectivity index (χ0n) is 13.5. The van der Waals surface area contributed by atoms with Crippen molar-refractivity contribution in [2.24, 2.45) is 0 Å². The van der Waals surface area contributed by atoms with Gasteiger partial charge in [-0.1, -0.05) is 18.2 Å². The van der Waals surface area contributed by atoms with Gasteiger partial charge in [0, 0.05) is 0 Å². The monoisotopic (exact) mass is 378 g/mol. The predicted molar refractivity (Wildman–Crippen MR) is 86.3 cm³/mol. The zero-order valence-corrected chi connectivity index (χ0v) is 15.3. The van der Waals surface area contributed by atoms with Gasteiger partial charge in [0.15, 0.2) is 0 Å². The second-order valence-electron chi connectivity index (χ2n) is 3.77. The molecule has 21 heavy (non-hydrogen) atoms. The van der Waals surface area contributed by atoms with E-state index < -0.39 is 0 Å².